The number of methoxy groups -OCH3 is 1. The number of carbonyl (C=O) groups excluding carboxylic acids is 2. The maximum atomic E-state index is 14.1. The van der Waals surface area contributed by atoms with Crippen LogP contribution in [0.2, 0.25) is 0 Å². The third-order valence-electron chi connectivity index (χ3n) is 6.75. The number of thiazole rings is 1. The second-order valence-electron chi connectivity index (χ2n) is 8.80. The second kappa shape index (κ2) is 11.2. The van der Waals surface area contributed by atoms with E-state index in [0.29, 0.717) is 27.7 Å². The molecule has 194 valence electrons. The van der Waals surface area contributed by atoms with Crippen LogP contribution < -0.4 is 10.1 Å². The van der Waals surface area contributed by atoms with Gasteiger partial charge in [-0.1, -0.05) is 42.5 Å². The summed E-state index contributed by atoms with van der Waals surface area (Å²) in [5, 5.41) is 5.85. The molecule has 37 heavy (non-hydrogen) atoms. The van der Waals surface area contributed by atoms with E-state index in [2.05, 4.69) is 5.32 Å². The summed E-state index contributed by atoms with van der Waals surface area (Å²) in [5.74, 6) is -0.913. The first-order chi connectivity index (χ1) is 17.9. The van der Waals surface area contributed by atoms with Gasteiger partial charge in [0.05, 0.1) is 31.6 Å². The van der Waals surface area contributed by atoms with E-state index in [9.17, 15) is 9.59 Å². The Balaban J connectivity index is 2.01. The molecule has 1 aromatic heterocycles. The number of esters is 2. The summed E-state index contributed by atoms with van der Waals surface area (Å²) in [6.07, 6.45) is 0. The van der Waals surface area contributed by atoms with E-state index >= 15 is 0 Å². The fourth-order valence-electron chi connectivity index (χ4n) is 5.15. The standard InChI is InChI=1S/C29H32N2O5S/c1-6-35-26(32)24-18(3)30-19(4)29(28(33)36-7-2,25(24)20-13-9-8-10-14-20)27-31-22(17-37-27)21-15-11-12-16-23(21)34-5/h8-17,19,25,30H,6-7H2,1-5H3. The molecule has 1 aliphatic heterocycles. The number of ether oxygens (including phenoxy) is 3. The van der Waals surface area contributed by atoms with Crippen molar-refractivity contribution in [2.24, 2.45) is 0 Å². The summed E-state index contributed by atoms with van der Waals surface area (Å²) < 4.78 is 16.8. The molecule has 8 heteroatoms. The van der Waals surface area contributed by atoms with Crippen molar-refractivity contribution in [1.29, 1.82) is 0 Å². The minimum Gasteiger partial charge on any atom is -0.496 e. The first-order valence-corrected chi connectivity index (χ1v) is 13.2. The van der Waals surface area contributed by atoms with E-state index in [4.69, 9.17) is 19.2 Å². The van der Waals surface area contributed by atoms with Gasteiger partial charge < -0.3 is 19.5 Å². The number of para-hydroxylation sites is 1. The van der Waals surface area contributed by atoms with Gasteiger partial charge in [0.15, 0.2) is 5.41 Å². The van der Waals surface area contributed by atoms with Crippen molar-refractivity contribution >= 4 is 23.3 Å². The number of nitrogens with zero attached hydrogens (tertiary/aromatic N) is 1. The van der Waals surface area contributed by atoms with Crippen molar-refractivity contribution in [3.63, 3.8) is 0 Å². The second-order valence-corrected chi connectivity index (χ2v) is 9.65. The van der Waals surface area contributed by atoms with Crippen molar-refractivity contribution in [1.82, 2.24) is 10.3 Å². The Morgan fingerprint density at radius 3 is 2.38 bits per heavy atom. The molecule has 0 radical (unpaired) electrons. The Bertz CT molecular complexity index is 1300. The summed E-state index contributed by atoms with van der Waals surface area (Å²) in [5.41, 5.74) is 2.04. The van der Waals surface area contributed by atoms with E-state index in [1.165, 1.54) is 11.3 Å². The first kappa shape index (κ1) is 26.4. The zero-order valence-corrected chi connectivity index (χ0v) is 22.6. The van der Waals surface area contributed by atoms with Crippen molar-refractivity contribution in [3.05, 3.63) is 81.8 Å². The predicted octanol–water partition coefficient (Wildman–Crippen LogP) is 5.23. The highest BCUT2D eigenvalue weighted by Gasteiger charge is 2.60. The molecule has 7 nitrogen and oxygen atoms in total. The number of carbonyl (C=O) groups is 2. The average Bonchev–Trinajstić information content (AvgIpc) is 3.39. The van der Waals surface area contributed by atoms with Crippen LogP contribution in [0.5, 0.6) is 5.75 Å². The lowest BCUT2D eigenvalue weighted by Gasteiger charge is -2.46. The highest BCUT2D eigenvalue weighted by Crippen LogP contribution is 2.52. The van der Waals surface area contributed by atoms with Crippen LogP contribution in [0.15, 0.2) is 71.2 Å². The highest BCUT2D eigenvalue weighted by molar-refractivity contribution is 7.10. The summed E-state index contributed by atoms with van der Waals surface area (Å²) in [6, 6.07) is 16.7. The minimum atomic E-state index is -1.33. The zero-order chi connectivity index (χ0) is 26.6. The van der Waals surface area contributed by atoms with Crippen LogP contribution in [0.4, 0.5) is 0 Å². The van der Waals surface area contributed by atoms with Crippen LogP contribution in [-0.2, 0) is 24.5 Å². The average molecular weight is 521 g/mol. The molecule has 1 N–H and O–H groups in total. The number of allylic oxidation sites excluding steroid dienone is 1. The maximum Gasteiger partial charge on any atom is 0.336 e. The monoisotopic (exact) mass is 520 g/mol. The molecule has 0 saturated carbocycles. The smallest absolute Gasteiger partial charge is 0.336 e. The number of rotatable bonds is 8. The van der Waals surface area contributed by atoms with Crippen molar-refractivity contribution < 1.29 is 23.8 Å². The van der Waals surface area contributed by atoms with Gasteiger partial charge in [-0.2, -0.15) is 0 Å². The summed E-state index contributed by atoms with van der Waals surface area (Å²) >= 11 is 1.37. The number of benzene rings is 2. The third-order valence-corrected chi connectivity index (χ3v) is 7.74. The summed E-state index contributed by atoms with van der Waals surface area (Å²) in [6.45, 7) is 7.73. The Morgan fingerprint density at radius 2 is 1.70 bits per heavy atom. The molecule has 3 aromatic rings. The van der Waals surface area contributed by atoms with Gasteiger partial charge in [-0.15, -0.1) is 11.3 Å². The molecule has 0 amide bonds. The number of hydrogen-bond acceptors (Lipinski definition) is 8. The SMILES string of the molecule is CCOC(=O)C1=C(C)NC(C)C(C(=O)OCC)(c2nc(-c3ccccc3OC)cs2)C1c1ccccc1. The summed E-state index contributed by atoms with van der Waals surface area (Å²) in [7, 11) is 1.62. The molecule has 1 aliphatic rings. The van der Waals surface area contributed by atoms with Crippen molar-refractivity contribution in [3.8, 4) is 17.0 Å². The van der Waals surface area contributed by atoms with Gasteiger partial charge in [-0.05, 0) is 45.4 Å². The van der Waals surface area contributed by atoms with E-state index in [-0.39, 0.29) is 13.2 Å². The van der Waals surface area contributed by atoms with Gasteiger partial charge >= 0.3 is 11.9 Å². The quantitative estimate of drug-likeness (QED) is 0.407. The molecule has 2 heterocycles. The lowest BCUT2D eigenvalue weighted by molar-refractivity contribution is -0.153. The van der Waals surface area contributed by atoms with Crippen LogP contribution in [0.1, 0.15) is 44.2 Å². The molecular weight excluding hydrogens is 488 g/mol. The van der Waals surface area contributed by atoms with E-state index < -0.39 is 29.3 Å². The topological polar surface area (TPSA) is 86.8 Å². The van der Waals surface area contributed by atoms with Gasteiger partial charge in [0.2, 0.25) is 0 Å². The molecule has 0 saturated heterocycles. The molecule has 0 bridgehead atoms. The molecule has 0 fully saturated rings. The largest absolute Gasteiger partial charge is 0.496 e. The molecule has 0 aliphatic carbocycles. The Kier molecular flexibility index (Phi) is 7.97. The highest BCUT2D eigenvalue weighted by atomic mass is 32.1. The van der Waals surface area contributed by atoms with Gasteiger partial charge in [-0.25, -0.2) is 9.78 Å². The molecule has 0 spiro atoms. The molecule has 2 aromatic carbocycles. The lowest BCUT2D eigenvalue weighted by Crippen LogP contribution is -2.60. The zero-order valence-electron chi connectivity index (χ0n) is 21.7. The van der Waals surface area contributed by atoms with E-state index in [0.717, 1.165) is 11.1 Å². The summed E-state index contributed by atoms with van der Waals surface area (Å²) in [4.78, 5) is 32.5. The van der Waals surface area contributed by atoms with Gasteiger partial charge in [0.1, 0.15) is 10.8 Å². The Labute approximate surface area is 221 Å². The van der Waals surface area contributed by atoms with Gasteiger partial charge in [-0.3, -0.25) is 4.79 Å². The number of nitrogens with one attached hydrogen (secondary N) is 1. The molecule has 3 atom stereocenters. The van der Waals surface area contributed by atoms with E-state index in [1.807, 2.05) is 73.8 Å². The lowest BCUT2D eigenvalue weighted by atomic mass is 9.62. The predicted molar refractivity (Wildman–Crippen MR) is 144 cm³/mol. The fourth-order valence-corrected chi connectivity index (χ4v) is 6.28. The third kappa shape index (κ3) is 4.62. The Hall–Kier alpha value is -3.65. The van der Waals surface area contributed by atoms with Crippen LogP contribution in [0.3, 0.4) is 0 Å². The number of hydrogen-bond donors (Lipinski definition) is 1. The molecular formula is C29H32N2O5S. The van der Waals surface area contributed by atoms with Crippen molar-refractivity contribution in [2.75, 3.05) is 20.3 Å². The van der Waals surface area contributed by atoms with Gasteiger partial charge in [0.25, 0.3) is 0 Å². The first-order valence-electron chi connectivity index (χ1n) is 12.4. The van der Waals surface area contributed by atoms with Crippen LogP contribution in [-0.4, -0.2) is 43.3 Å². The fraction of sp³-hybridized carbons (Fsp3) is 0.345. The minimum absolute atomic E-state index is 0.191. The normalized spacial score (nSPS) is 21.2. The number of aromatic nitrogens is 1. The van der Waals surface area contributed by atoms with Crippen LogP contribution >= 0.6 is 11.3 Å². The Morgan fingerprint density at radius 1 is 1.03 bits per heavy atom. The maximum absolute atomic E-state index is 14.1. The van der Waals surface area contributed by atoms with Gasteiger partial charge in [0, 0.05) is 28.6 Å². The van der Waals surface area contributed by atoms with E-state index in [1.54, 1.807) is 21.0 Å². The van der Waals surface area contributed by atoms with Crippen LogP contribution in [0, 0.1) is 0 Å². The van der Waals surface area contributed by atoms with Crippen LogP contribution in [0.25, 0.3) is 11.3 Å². The molecule has 3 unspecified atom stereocenters. The molecule has 4 rings (SSSR count). The van der Waals surface area contributed by atoms with Crippen molar-refractivity contribution in [2.45, 2.75) is 45.1 Å².